The maximum atomic E-state index is 14.0. The molecule has 0 aromatic carbocycles. The first-order chi connectivity index (χ1) is 15.0. The number of halogens is 3. The van der Waals surface area contributed by atoms with Crippen LogP contribution in [0.15, 0.2) is 12.3 Å². The third-order valence-corrected chi connectivity index (χ3v) is 5.83. The molecule has 2 aliphatic rings. The zero-order valence-corrected chi connectivity index (χ0v) is 17.2. The summed E-state index contributed by atoms with van der Waals surface area (Å²) in [5, 5.41) is 9.96. The molecule has 12 heteroatoms. The van der Waals surface area contributed by atoms with Crippen LogP contribution in [0, 0.1) is 5.82 Å². The van der Waals surface area contributed by atoms with Gasteiger partial charge in [-0.2, -0.15) is 5.10 Å². The molecule has 0 spiro atoms. The second-order valence-electron chi connectivity index (χ2n) is 8.37. The molecule has 9 nitrogen and oxygen atoms in total. The van der Waals surface area contributed by atoms with Crippen molar-refractivity contribution < 1.29 is 22.8 Å². The fourth-order valence-electron chi connectivity index (χ4n) is 4.08. The number of fused-ring (bicyclic) bond motifs is 1. The minimum absolute atomic E-state index is 0.00455. The van der Waals surface area contributed by atoms with Gasteiger partial charge in [0.25, 0.3) is 0 Å². The fraction of sp³-hybridized carbons (Fsp3) is 0.400. The van der Waals surface area contributed by atoms with Crippen molar-refractivity contribution in [2.24, 2.45) is 0 Å². The van der Waals surface area contributed by atoms with E-state index >= 15 is 0 Å². The summed E-state index contributed by atoms with van der Waals surface area (Å²) < 4.78 is 42.1. The monoisotopic (exact) mass is 445 g/mol. The maximum Gasteiger partial charge on any atom is 0.247 e. The van der Waals surface area contributed by atoms with Gasteiger partial charge in [0.1, 0.15) is 23.1 Å². The quantitative estimate of drug-likeness (QED) is 0.638. The highest BCUT2D eigenvalue weighted by Crippen LogP contribution is 2.46. The van der Waals surface area contributed by atoms with E-state index in [1.54, 1.807) is 6.92 Å². The van der Waals surface area contributed by atoms with Gasteiger partial charge in [0.05, 0.1) is 22.6 Å². The highest BCUT2D eigenvalue weighted by Gasteiger charge is 2.48. The highest BCUT2D eigenvalue weighted by molar-refractivity contribution is 6.09. The minimum atomic E-state index is -2.93. The van der Waals surface area contributed by atoms with Crippen LogP contribution < -0.4 is 10.6 Å². The number of carbonyl (C=O) groups excluding carboxylic acids is 2. The Morgan fingerprint density at radius 3 is 2.66 bits per heavy atom. The molecule has 0 radical (unpaired) electrons. The molecule has 1 atom stereocenters. The Kier molecular flexibility index (Phi) is 4.27. The number of pyridine rings is 1. The number of rotatable bonds is 4. The standard InChI is InChI=1S/C20H18F3N7O2/c1-19-4-3-11(31)25-14-12(19)15(28-18(19)32)27-16(26-14)13-10-7-9(21)8-24-17(10)30(29-13)6-5-20(2,22)23/h7-8H,3-6H2,1-2H3,(H2,25,26,27,28,31,32)/t19-/m1/s1. The number of hydrogen-bond acceptors (Lipinski definition) is 6. The van der Waals surface area contributed by atoms with Crippen molar-refractivity contribution in [3.05, 3.63) is 23.6 Å². The van der Waals surface area contributed by atoms with E-state index in [4.69, 9.17) is 0 Å². The smallest absolute Gasteiger partial charge is 0.247 e. The van der Waals surface area contributed by atoms with Crippen molar-refractivity contribution in [2.45, 2.75) is 51.0 Å². The highest BCUT2D eigenvalue weighted by atomic mass is 19.3. The summed E-state index contributed by atoms with van der Waals surface area (Å²) >= 11 is 0. The van der Waals surface area contributed by atoms with Gasteiger partial charge >= 0.3 is 0 Å². The van der Waals surface area contributed by atoms with E-state index in [9.17, 15) is 22.8 Å². The van der Waals surface area contributed by atoms with Gasteiger partial charge in [-0.05, 0) is 26.3 Å². The van der Waals surface area contributed by atoms with E-state index in [0.29, 0.717) is 12.0 Å². The molecule has 3 aromatic heterocycles. The third kappa shape index (κ3) is 3.17. The van der Waals surface area contributed by atoms with Crippen LogP contribution in [0.1, 0.15) is 38.7 Å². The van der Waals surface area contributed by atoms with Crippen LogP contribution in [0.4, 0.5) is 24.8 Å². The van der Waals surface area contributed by atoms with Gasteiger partial charge in [-0.1, -0.05) is 0 Å². The molecule has 0 fully saturated rings. The molecule has 0 unspecified atom stereocenters. The minimum Gasteiger partial charge on any atom is -0.310 e. The number of anilines is 2. The lowest BCUT2D eigenvalue weighted by Gasteiger charge is -2.19. The normalized spacial score (nSPS) is 20.2. The molecule has 32 heavy (non-hydrogen) atoms. The van der Waals surface area contributed by atoms with Crippen LogP contribution in [0.2, 0.25) is 0 Å². The van der Waals surface area contributed by atoms with Crippen molar-refractivity contribution in [1.82, 2.24) is 24.7 Å². The molecule has 5 heterocycles. The molecule has 0 bridgehead atoms. The molecule has 2 N–H and O–H groups in total. The second-order valence-corrected chi connectivity index (χ2v) is 8.37. The van der Waals surface area contributed by atoms with Crippen LogP contribution >= 0.6 is 0 Å². The van der Waals surface area contributed by atoms with Crippen molar-refractivity contribution in [3.8, 4) is 11.5 Å². The Morgan fingerprint density at radius 2 is 1.94 bits per heavy atom. The van der Waals surface area contributed by atoms with Crippen molar-refractivity contribution in [1.29, 1.82) is 0 Å². The van der Waals surface area contributed by atoms with Gasteiger partial charge in [-0.3, -0.25) is 9.59 Å². The van der Waals surface area contributed by atoms with Gasteiger partial charge in [-0.25, -0.2) is 32.8 Å². The Hall–Kier alpha value is -3.57. The molecule has 2 amide bonds. The van der Waals surface area contributed by atoms with E-state index in [-0.39, 0.29) is 59.0 Å². The van der Waals surface area contributed by atoms with Gasteiger partial charge in [0, 0.05) is 19.4 Å². The molecule has 3 aromatic rings. The van der Waals surface area contributed by atoms with E-state index in [1.807, 2.05) is 0 Å². The van der Waals surface area contributed by atoms with Gasteiger partial charge in [-0.15, -0.1) is 0 Å². The largest absolute Gasteiger partial charge is 0.310 e. The van der Waals surface area contributed by atoms with E-state index in [2.05, 4.69) is 30.7 Å². The summed E-state index contributed by atoms with van der Waals surface area (Å²) in [4.78, 5) is 37.7. The number of nitrogens with zero attached hydrogens (tertiary/aromatic N) is 5. The molecule has 0 saturated carbocycles. The van der Waals surface area contributed by atoms with Crippen molar-refractivity contribution in [2.75, 3.05) is 10.6 Å². The average molecular weight is 445 g/mol. The second kappa shape index (κ2) is 6.71. The summed E-state index contributed by atoms with van der Waals surface area (Å²) in [5.41, 5.74) is -0.189. The lowest BCUT2D eigenvalue weighted by Crippen LogP contribution is -2.30. The first-order valence-corrected chi connectivity index (χ1v) is 9.99. The Balaban J connectivity index is 1.69. The summed E-state index contributed by atoms with van der Waals surface area (Å²) in [6, 6.07) is 1.17. The Morgan fingerprint density at radius 1 is 1.22 bits per heavy atom. The molecule has 2 aliphatic heterocycles. The van der Waals surface area contributed by atoms with Gasteiger partial charge in [0.15, 0.2) is 11.5 Å². The van der Waals surface area contributed by atoms with Gasteiger partial charge in [0.2, 0.25) is 17.7 Å². The van der Waals surface area contributed by atoms with E-state index in [0.717, 1.165) is 13.1 Å². The lowest BCUT2D eigenvalue weighted by molar-refractivity contribution is -0.121. The van der Waals surface area contributed by atoms with Gasteiger partial charge < -0.3 is 10.6 Å². The predicted molar refractivity (Wildman–Crippen MR) is 108 cm³/mol. The molecule has 5 rings (SSSR count). The molecule has 0 aliphatic carbocycles. The number of aryl methyl sites for hydroxylation is 1. The Labute approximate surface area is 179 Å². The fourth-order valence-corrected chi connectivity index (χ4v) is 4.08. The SMILES string of the molecule is CC(F)(F)CCn1nc(-c2nc3c4c(n2)NC(=O)[C@]4(C)CCC(=O)N3)c2cc(F)cnc21. The maximum absolute atomic E-state index is 14.0. The number of carbonyl (C=O) groups is 2. The topological polar surface area (TPSA) is 115 Å². The summed E-state index contributed by atoms with van der Waals surface area (Å²) in [5.74, 6) is -3.77. The van der Waals surface area contributed by atoms with Crippen LogP contribution in [0.3, 0.4) is 0 Å². The number of nitrogens with one attached hydrogen (secondary N) is 2. The third-order valence-electron chi connectivity index (χ3n) is 5.83. The van der Waals surface area contributed by atoms with Crippen molar-refractivity contribution >= 4 is 34.5 Å². The lowest BCUT2D eigenvalue weighted by atomic mass is 9.81. The first kappa shape index (κ1) is 20.3. The van der Waals surface area contributed by atoms with Crippen LogP contribution in [0.5, 0.6) is 0 Å². The first-order valence-electron chi connectivity index (χ1n) is 9.99. The summed E-state index contributed by atoms with van der Waals surface area (Å²) in [6.07, 6.45) is 0.902. The number of aromatic nitrogens is 5. The summed E-state index contributed by atoms with van der Waals surface area (Å²) in [6.45, 7) is 2.35. The van der Waals surface area contributed by atoms with Crippen molar-refractivity contribution in [3.63, 3.8) is 0 Å². The summed E-state index contributed by atoms with van der Waals surface area (Å²) in [7, 11) is 0. The van der Waals surface area contributed by atoms with E-state index in [1.165, 1.54) is 10.7 Å². The molecular weight excluding hydrogens is 427 g/mol. The van der Waals surface area contributed by atoms with Crippen LogP contribution in [-0.2, 0) is 21.5 Å². The average Bonchev–Trinajstić information content (AvgIpc) is 3.14. The number of alkyl halides is 2. The zero-order chi connectivity index (χ0) is 22.8. The number of hydrogen-bond donors (Lipinski definition) is 2. The molecular formula is C20H18F3N7O2. The Bertz CT molecular complexity index is 1300. The van der Waals surface area contributed by atoms with Crippen LogP contribution in [0.25, 0.3) is 22.6 Å². The molecule has 0 saturated heterocycles. The van der Waals surface area contributed by atoms with E-state index < -0.39 is 23.6 Å². The van der Waals surface area contributed by atoms with Crippen LogP contribution in [-0.4, -0.2) is 42.5 Å². The number of amides is 2. The predicted octanol–water partition coefficient (Wildman–Crippen LogP) is 3.01. The zero-order valence-electron chi connectivity index (χ0n) is 17.2. The molecule has 166 valence electrons.